The summed E-state index contributed by atoms with van der Waals surface area (Å²) in [7, 11) is 0. The number of carbonyl (C=O) groups is 1. The van der Waals surface area contributed by atoms with Crippen molar-refractivity contribution in [3.05, 3.63) is 24.5 Å². The standard InChI is InChI=1S/C8H11N3O3/c9-5-7(8(12)13)11(14)6-1-3-10-4-2-6/h1-4,7,14H,5,9H2,(H,12,13)/t7-/m0/s1. The first kappa shape index (κ1) is 10.4. The van der Waals surface area contributed by atoms with E-state index in [1.807, 2.05) is 0 Å². The molecule has 4 N–H and O–H groups in total. The van der Waals surface area contributed by atoms with Crippen LogP contribution in [-0.4, -0.2) is 33.9 Å². The monoisotopic (exact) mass is 197 g/mol. The number of pyridine rings is 1. The fourth-order valence-electron chi connectivity index (χ4n) is 0.982. The molecule has 0 aliphatic heterocycles. The quantitative estimate of drug-likeness (QED) is 0.572. The van der Waals surface area contributed by atoms with Gasteiger partial charge in [-0.2, -0.15) is 0 Å². The van der Waals surface area contributed by atoms with Gasteiger partial charge in [-0.1, -0.05) is 0 Å². The van der Waals surface area contributed by atoms with Crippen molar-refractivity contribution in [2.24, 2.45) is 5.73 Å². The number of carboxylic acid groups (broad SMARTS) is 1. The molecule has 6 nitrogen and oxygen atoms in total. The van der Waals surface area contributed by atoms with Crippen molar-refractivity contribution in [2.75, 3.05) is 11.6 Å². The second kappa shape index (κ2) is 4.54. The first-order valence-electron chi connectivity index (χ1n) is 3.98. The van der Waals surface area contributed by atoms with Gasteiger partial charge in [0.1, 0.15) is 0 Å². The smallest absolute Gasteiger partial charge is 0.330 e. The first-order valence-corrected chi connectivity index (χ1v) is 3.98. The molecule has 0 saturated heterocycles. The van der Waals surface area contributed by atoms with Crippen LogP contribution in [0.4, 0.5) is 5.69 Å². The zero-order chi connectivity index (χ0) is 10.6. The van der Waals surface area contributed by atoms with Gasteiger partial charge < -0.3 is 10.8 Å². The molecular formula is C8H11N3O3. The van der Waals surface area contributed by atoms with Crippen molar-refractivity contribution in [1.29, 1.82) is 0 Å². The number of hydrogen-bond acceptors (Lipinski definition) is 5. The lowest BCUT2D eigenvalue weighted by molar-refractivity contribution is -0.139. The van der Waals surface area contributed by atoms with E-state index in [4.69, 9.17) is 10.8 Å². The highest BCUT2D eigenvalue weighted by molar-refractivity contribution is 5.77. The number of hydroxylamine groups is 1. The SMILES string of the molecule is NC[C@@H](C(=O)O)N(O)c1ccncc1. The van der Waals surface area contributed by atoms with E-state index < -0.39 is 12.0 Å². The number of hydrogen-bond donors (Lipinski definition) is 3. The summed E-state index contributed by atoms with van der Waals surface area (Å²) in [5, 5.41) is 18.8. The molecule has 1 heterocycles. The summed E-state index contributed by atoms with van der Waals surface area (Å²) in [5.41, 5.74) is 5.56. The number of anilines is 1. The maximum Gasteiger partial charge on any atom is 0.330 e. The number of rotatable bonds is 4. The summed E-state index contributed by atoms with van der Waals surface area (Å²) < 4.78 is 0. The molecule has 0 aliphatic carbocycles. The van der Waals surface area contributed by atoms with E-state index in [9.17, 15) is 10.0 Å². The molecule has 6 heteroatoms. The molecule has 0 aliphatic rings. The summed E-state index contributed by atoms with van der Waals surface area (Å²) in [6.45, 7) is -0.172. The molecule has 0 unspecified atom stereocenters. The number of aliphatic carboxylic acids is 1. The molecule has 76 valence electrons. The van der Waals surface area contributed by atoms with Gasteiger partial charge in [0.25, 0.3) is 0 Å². The Morgan fingerprint density at radius 2 is 2.14 bits per heavy atom. The Morgan fingerprint density at radius 1 is 1.57 bits per heavy atom. The summed E-state index contributed by atoms with van der Waals surface area (Å²) >= 11 is 0. The van der Waals surface area contributed by atoms with Gasteiger partial charge in [-0.05, 0) is 12.1 Å². The van der Waals surface area contributed by atoms with Crippen molar-refractivity contribution in [2.45, 2.75) is 6.04 Å². The average molecular weight is 197 g/mol. The van der Waals surface area contributed by atoms with Crippen LogP contribution in [0.15, 0.2) is 24.5 Å². The normalized spacial score (nSPS) is 12.1. The maximum atomic E-state index is 10.6. The van der Waals surface area contributed by atoms with Gasteiger partial charge in [0, 0.05) is 18.9 Å². The highest BCUT2D eigenvalue weighted by atomic mass is 16.5. The lowest BCUT2D eigenvalue weighted by atomic mass is 10.2. The minimum Gasteiger partial charge on any atom is -0.480 e. The Labute approximate surface area is 80.5 Å². The maximum absolute atomic E-state index is 10.6. The molecule has 1 atom stereocenters. The summed E-state index contributed by atoms with van der Waals surface area (Å²) in [6, 6.07) is 1.84. The van der Waals surface area contributed by atoms with Gasteiger partial charge in [0.2, 0.25) is 0 Å². The van der Waals surface area contributed by atoms with E-state index in [2.05, 4.69) is 4.98 Å². The van der Waals surface area contributed by atoms with E-state index in [1.54, 1.807) is 0 Å². The van der Waals surface area contributed by atoms with Crippen LogP contribution in [0.25, 0.3) is 0 Å². The Morgan fingerprint density at radius 3 is 2.57 bits per heavy atom. The van der Waals surface area contributed by atoms with Crippen LogP contribution in [0, 0.1) is 0 Å². The summed E-state index contributed by atoms with van der Waals surface area (Å²) in [6.07, 6.45) is 2.90. The number of aromatic nitrogens is 1. The van der Waals surface area contributed by atoms with Crippen LogP contribution in [0.2, 0.25) is 0 Å². The van der Waals surface area contributed by atoms with Gasteiger partial charge in [0.15, 0.2) is 6.04 Å². The summed E-state index contributed by atoms with van der Waals surface area (Å²) in [4.78, 5) is 14.4. The molecule has 14 heavy (non-hydrogen) atoms. The van der Waals surface area contributed by atoms with Gasteiger partial charge >= 0.3 is 5.97 Å². The molecule has 0 bridgehead atoms. The van der Waals surface area contributed by atoms with Crippen LogP contribution in [0.1, 0.15) is 0 Å². The zero-order valence-corrected chi connectivity index (χ0v) is 7.37. The minimum absolute atomic E-state index is 0.172. The largest absolute Gasteiger partial charge is 0.480 e. The fraction of sp³-hybridized carbons (Fsp3) is 0.250. The Kier molecular flexibility index (Phi) is 3.38. The van der Waals surface area contributed by atoms with Crippen LogP contribution in [-0.2, 0) is 4.79 Å². The predicted molar refractivity (Wildman–Crippen MR) is 49.0 cm³/mol. The molecule has 0 fully saturated rings. The molecule has 0 spiro atoms. The highest BCUT2D eigenvalue weighted by Crippen LogP contribution is 2.12. The molecule has 0 aromatic carbocycles. The van der Waals surface area contributed by atoms with Gasteiger partial charge in [0.05, 0.1) is 5.69 Å². The van der Waals surface area contributed by atoms with Gasteiger partial charge in [-0.15, -0.1) is 0 Å². The molecule has 1 aromatic heterocycles. The third kappa shape index (κ3) is 2.18. The number of nitrogens with two attached hydrogens (primary N) is 1. The second-order valence-corrected chi connectivity index (χ2v) is 2.64. The third-order valence-electron chi connectivity index (χ3n) is 1.73. The molecule has 1 aromatic rings. The number of nitrogens with zero attached hydrogens (tertiary/aromatic N) is 2. The second-order valence-electron chi connectivity index (χ2n) is 2.64. The van der Waals surface area contributed by atoms with Gasteiger partial charge in [-0.3, -0.25) is 10.2 Å². The lowest BCUT2D eigenvalue weighted by Crippen LogP contribution is -2.44. The van der Waals surface area contributed by atoms with Crippen LogP contribution < -0.4 is 10.8 Å². The number of carboxylic acids is 1. The molecule has 1 rings (SSSR count). The van der Waals surface area contributed by atoms with Crippen molar-refractivity contribution >= 4 is 11.7 Å². The zero-order valence-electron chi connectivity index (χ0n) is 7.37. The van der Waals surface area contributed by atoms with Crippen LogP contribution in [0.5, 0.6) is 0 Å². The van der Waals surface area contributed by atoms with Crippen molar-refractivity contribution in [3.63, 3.8) is 0 Å². The Balaban J connectivity index is 2.83. The summed E-state index contributed by atoms with van der Waals surface area (Å²) in [5.74, 6) is -1.17. The van der Waals surface area contributed by atoms with E-state index in [0.29, 0.717) is 10.8 Å². The van der Waals surface area contributed by atoms with Crippen molar-refractivity contribution in [3.8, 4) is 0 Å². The topological polar surface area (TPSA) is 99.7 Å². The third-order valence-corrected chi connectivity index (χ3v) is 1.73. The molecule has 0 amide bonds. The lowest BCUT2D eigenvalue weighted by Gasteiger charge is -2.22. The van der Waals surface area contributed by atoms with E-state index in [0.717, 1.165) is 0 Å². The van der Waals surface area contributed by atoms with Crippen molar-refractivity contribution < 1.29 is 15.1 Å². The Hall–Kier alpha value is -1.66. The Bertz CT molecular complexity index is 304. The van der Waals surface area contributed by atoms with Gasteiger partial charge in [-0.25, -0.2) is 9.86 Å². The minimum atomic E-state index is -1.17. The predicted octanol–water partition coefficient (Wildman–Crippen LogP) is -0.311. The average Bonchev–Trinajstić information content (AvgIpc) is 2.19. The van der Waals surface area contributed by atoms with Crippen LogP contribution >= 0.6 is 0 Å². The highest BCUT2D eigenvalue weighted by Gasteiger charge is 2.22. The molecular weight excluding hydrogens is 186 g/mol. The van der Waals surface area contributed by atoms with Crippen molar-refractivity contribution in [1.82, 2.24) is 4.98 Å². The molecule has 0 saturated carbocycles. The molecule has 0 radical (unpaired) electrons. The van der Waals surface area contributed by atoms with E-state index in [1.165, 1.54) is 24.5 Å². The van der Waals surface area contributed by atoms with Crippen LogP contribution in [0.3, 0.4) is 0 Å². The fourth-order valence-corrected chi connectivity index (χ4v) is 0.982. The van der Waals surface area contributed by atoms with E-state index >= 15 is 0 Å². The van der Waals surface area contributed by atoms with E-state index in [-0.39, 0.29) is 6.54 Å². The first-order chi connectivity index (χ1) is 6.66.